The van der Waals surface area contributed by atoms with Crippen molar-refractivity contribution in [2.24, 2.45) is 0 Å². The lowest BCUT2D eigenvalue weighted by molar-refractivity contribution is 0.295. The first-order chi connectivity index (χ1) is 9.15. The smallest absolute Gasteiger partial charge is 0.159 e. The van der Waals surface area contributed by atoms with Crippen LogP contribution in [0.1, 0.15) is 22.6 Å². The summed E-state index contributed by atoms with van der Waals surface area (Å²) in [6.07, 6.45) is 0. The van der Waals surface area contributed by atoms with Gasteiger partial charge in [0.2, 0.25) is 0 Å². The number of halogens is 2. The number of hydrogen-bond acceptors (Lipinski definition) is 1. The van der Waals surface area contributed by atoms with E-state index in [1.54, 1.807) is 6.07 Å². The lowest BCUT2D eigenvalue weighted by Crippen LogP contribution is -2.30. The minimum Gasteiger partial charge on any atom is -0.301 e. The van der Waals surface area contributed by atoms with Gasteiger partial charge < -0.3 is 4.90 Å². The molecule has 2 aromatic rings. The maximum Gasteiger partial charge on any atom is 0.159 e. The van der Waals surface area contributed by atoms with E-state index in [1.807, 2.05) is 19.2 Å². The van der Waals surface area contributed by atoms with Crippen molar-refractivity contribution in [1.82, 2.24) is 4.90 Å². The SMILES string of the molecule is CN1Cc2ccccc2[C@@H](c2ccc(F)c(F)c2)C1. The molecular formula is C16H15F2N. The highest BCUT2D eigenvalue weighted by molar-refractivity contribution is 5.40. The third kappa shape index (κ3) is 2.26. The van der Waals surface area contributed by atoms with Crippen LogP contribution in [-0.2, 0) is 6.54 Å². The van der Waals surface area contributed by atoms with Gasteiger partial charge in [0, 0.05) is 19.0 Å². The van der Waals surface area contributed by atoms with Crippen molar-refractivity contribution in [1.29, 1.82) is 0 Å². The largest absolute Gasteiger partial charge is 0.301 e. The quantitative estimate of drug-likeness (QED) is 0.757. The summed E-state index contributed by atoms with van der Waals surface area (Å²) >= 11 is 0. The molecular weight excluding hydrogens is 244 g/mol. The summed E-state index contributed by atoms with van der Waals surface area (Å²) in [4.78, 5) is 2.20. The van der Waals surface area contributed by atoms with Gasteiger partial charge in [-0.15, -0.1) is 0 Å². The van der Waals surface area contributed by atoms with Gasteiger partial charge >= 0.3 is 0 Å². The Morgan fingerprint density at radius 3 is 2.63 bits per heavy atom. The molecule has 0 spiro atoms. The monoisotopic (exact) mass is 259 g/mol. The molecule has 0 saturated carbocycles. The van der Waals surface area contributed by atoms with Gasteiger partial charge in [0.25, 0.3) is 0 Å². The topological polar surface area (TPSA) is 3.24 Å². The Hall–Kier alpha value is -1.74. The van der Waals surface area contributed by atoms with Crippen molar-refractivity contribution >= 4 is 0 Å². The molecule has 1 aliphatic heterocycles. The van der Waals surface area contributed by atoms with E-state index < -0.39 is 11.6 Å². The lowest BCUT2D eigenvalue weighted by Gasteiger charge is -2.32. The molecule has 98 valence electrons. The Morgan fingerprint density at radius 1 is 1.05 bits per heavy atom. The summed E-state index contributed by atoms with van der Waals surface area (Å²) in [7, 11) is 2.04. The molecule has 0 bridgehead atoms. The van der Waals surface area contributed by atoms with Crippen LogP contribution in [0.3, 0.4) is 0 Å². The fraction of sp³-hybridized carbons (Fsp3) is 0.250. The summed E-state index contributed by atoms with van der Waals surface area (Å²) in [5, 5.41) is 0. The molecule has 3 rings (SSSR count). The maximum absolute atomic E-state index is 13.4. The van der Waals surface area contributed by atoms with Crippen LogP contribution in [0, 0.1) is 11.6 Å². The molecule has 0 radical (unpaired) electrons. The Morgan fingerprint density at radius 2 is 1.84 bits per heavy atom. The fourth-order valence-electron chi connectivity index (χ4n) is 2.80. The second-order valence-corrected chi connectivity index (χ2v) is 5.12. The first kappa shape index (κ1) is 12.3. The Bertz CT molecular complexity index is 609. The maximum atomic E-state index is 13.4. The zero-order chi connectivity index (χ0) is 13.4. The van der Waals surface area contributed by atoms with Gasteiger partial charge in [0.1, 0.15) is 0 Å². The van der Waals surface area contributed by atoms with Crippen molar-refractivity contribution in [3.63, 3.8) is 0 Å². The number of likely N-dealkylation sites (N-methyl/N-ethyl adjacent to an activating group) is 1. The van der Waals surface area contributed by atoms with Crippen molar-refractivity contribution < 1.29 is 8.78 Å². The van der Waals surface area contributed by atoms with Gasteiger partial charge in [0.05, 0.1) is 0 Å². The molecule has 0 saturated heterocycles. The molecule has 0 aromatic heterocycles. The Balaban J connectivity index is 2.07. The Kier molecular flexibility index (Phi) is 3.07. The van der Waals surface area contributed by atoms with Crippen LogP contribution in [0.5, 0.6) is 0 Å². The van der Waals surface area contributed by atoms with E-state index in [0.29, 0.717) is 0 Å². The fourth-order valence-corrected chi connectivity index (χ4v) is 2.80. The van der Waals surface area contributed by atoms with E-state index in [9.17, 15) is 8.78 Å². The molecule has 2 aromatic carbocycles. The van der Waals surface area contributed by atoms with Gasteiger partial charge in [-0.25, -0.2) is 8.78 Å². The van der Waals surface area contributed by atoms with Gasteiger partial charge in [-0.3, -0.25) is 0 Å². The highest BCUT2D eigenvalue weighted by Crippen LogP contribution is 2.33. The summed E-state index contributed by atoms with van der Waals surface area (Å²) in [5.74, 6) is -1.46. The zero-order valence-corrected chi connectivity index (χ0v) is 10.7. The second-order valence-electron chi connectivity index (χ2n) is 5.12. The van der Waals surface area contributed by atoms with Crippen LogP contribution >= 0.6 is 0 Å². The predicted molar refractivity (Wildman–Crippen MR) is 71.0 cm³/mol. The number of hydrogen-bond donors (Lipinski definition) is 0. The van der Waals surface area contributed by atoms with Gasteiger partial charge in [-0.1, -0.05) is 30.3 Å². The van der Waals surface area contributed by atoms with Crippen molar-refractivity contribution in [2.45, 2.75) is 12.5 Å². The van der Waals surface area contributed by atoms with E-state index in [-0.39, 0.29) is 5.92 Å². The summed E-state index contributed by atoms with van der Waals surface area (Å²) < 4.78 is 26.5. The van der Waals surface area contributed by atoms with Crippen molar-refractivity contribution in [3.05, 3.63) is 70.8 Å². The number of benzene rings is 2. The van der Waals surface area contributed by atoms with E-state index in [4.69, 9.17) is 0 Å². The highest BCUT2D eigenvalue weighted by Gasteiger charge is 2.24. The van der Waals surface area contributed by atoms with Gasteiger partial charge in [0.15, 0.2) is 11.6 Å². The van der Waals surface area contributed by atoms with Crippen LogP contribution in [0.15, 0.2) is 42.5 Å². The first-order valence-electron chi connectivity index (χ1n) is 6.36. The lowest BCUT2D eigenvalue weighted by atomic mass is 9.85. The molecule has 19 heavy (non-hydrogen) atoms. The first-order valence-corrected chi connectivity index (χ1v) is 6.36. The van der Waals surface area contributed by atoms with Crippen molar-refractivity contribution in [2.75, 3.05) is 13.6 Å². The predicted octanol–water partition coefficient (Wildman–Crippen LogP) is 3.54. The average molecular weight is 259 g/mol. The number of fused-ring (bicyclic) bond motifs is 1. The zero-order valence-electron chi connectivity index (χ0n) is 10.7. The number of rotatable bonds is 1. The van der Waals surface area contributed by atoms with E-state index in [1.165, 1.54) is 23.3 Å². The molecule has 0 unspecified atom stereocenters. The summed E-state index contributed by atoms with van der Waals surface area (Å²) in [6.45, 7) is 1.72. The highest BCUT2D eigenvalue weighted by atomic mass is 19.2. The average Bonchev–Trinajstić information content (AvgIpc) is 2.41. The Labute approximate surface area is 111 Å². The van der Waals surface area contributed by atoms with E-state index >= 15 is 0 Å². The third-order valence-corrected chi connectivity index (χ3v) is 3.71. The normalized spacial score (nSPS) is 19.2. The van der Waals surface area contributed by atoms with Crippen LogP contribution in [0.4, 0.5) is 8.78 Å². The summed E-state index contributed by atoms with van der Waals surface area (Å²) in [5.41, 5.74) is 3.30. The minimum atomic E-state index is -0.791. The second kappa shape index (κ2) is 4.74. The third-order valence-electron chi connectivity index (χ3n) is 3.71. The van der Waals surface area contributed by atoms with Crippen LogP contribution in [0.2, 0.25) is 0 Å². The number of nitrogens with zero attached hydrogens (tertiary/aromatic N) is 1. The van der Waals surface area contributed by atoms with Gasteiger partial charge in [-0.05, 0) is 35.9 Å². The van der Waals surface area contributed by atoms with Gasteiger partial charge in [-0.2, -0.15) is 0 Å². The van der Waals surface area contributed by atoms with Crippen LogP contribution < -0.4 is 0 Å². The molecule has 3 heteroatoms. The van der Waals surface area contributed by atoms with Crippen molar-refractivity contribution in [3.8, 4) is 0 Å². The molecule has 0 fully saturated rings. The molecule has 0 aliphatic carbocycles. The molecule has 1 atom stereocenters. The summed E-state index contributed by atoms with van der Waals surface area (Å²) in [6, 6.07) is 12.4. The van der Waals surface area contributed by atoms with E-state index in [2.05, 4.69) is 17.0 Å². The molecule has 1 heterocycles. The molecule has 0 N–H and O–H groups in total. The molecule has 1 nitrogen and oxygen atoms in total. The van der Waals surface area contributed by atoms with E-state index in [0.717, 1.165) is 18.7 Å². The standard InChI is InChI=1S/C16H15F2N/c1-19-9-12-4-2-3-5-13(12)14(10-19)11-6-7-15(17)16(18)8-11/h2-8,14H,9-10H2,1H3/t14-/m1/s1. The molecule has 0 amide bonds. The molecule has 1 aliphatic rings. The van der Waals surface area contributed by atoms with Crippen LogP contribution in [0.25, 0.3) is 0 Å². The minimum absolute atomic E-state index is 0.102. The van der Waals surface area contributed by atoms with Crippen LogP contribution in [-0.4, -0.2) is 18.5 Å².